The molecule has 1 aliphatic rings. The Morgan fingerprint density at radius 1 is 1.22 bits per heavy atom. The second kappa shape index (κ2) is 9.94. The lowest BCUT2D eigenvalue weighted by Gasteiger charge is -2.34. The van der Waals surface area contributed by atoms with E-state index < -0.39 is 12.1 Å². The SMILES string of the molecule is CC[C@@H](C)[C@@H](NC(=O)OCc1ccccc1)C(=O)N1CCC(C(N)=O)CC1. The third-order valence-electron chi connectivity index (χ3n) is 5.17. The van der Waals surface area contributed by atoms with E-state index in [1.165, 1.54) is 0 Å². The summed E-state index contributed by atoms with van der Waals surface area (Å²) in [5, 5.41) is 2.73. The number of hydrogen-bond acceptors (Lipinski definition) is 4. The van der Waals surface area contributed by atoms with Gasteiger partial charge in [0.05, 0.1) is 0 Å². The molecule has 3 N–H and O–H groups in total. The molecule has 1 heterocycles. The average molecular weight is 375 g/mol. The molecule has 3 amide bonds. The van der Waals surface area contributed by atoms with Crippen LogP contribution < -0.4 is 11.1 Å². The van der Waals surface area contributed by atoms with E-state index in [0.29, 0.717) is 25.9 Å². The molecule has 0 spiro atoms. The van der Waals surface area contributed by atoms with Gasteiger partial charge in [0.25, 0.3) is 0 Å². The minimum Gasteiger partial charge on any atom is -0.445 e. The van der Waals surface area contributed by atoms with Gasteiger partial charge in [0.1, 0.15) is 12.6 Å². The molecule has 1 aliphatic heterocycles. The van der Waals surface area contributed by atoms with Crippen LogP contribution >= 0.6 is 0 Å². The van der Waals surface area contributed by atoms with E-state index in [1.54, 1.807) is 4.90 Å². The van der Waals surface area contributed by atoms with Crippen molar-refractivity contribution in [2.75, 3.05) is 13.1 Å². The van der Waals surface area contributed by atoms with Gasteiger partial charge in [-0.25, -0.2) is 4.79 Å². The maximum Gasteiger partial charge on any atom is 0.408 e. The molecule has 7 nitrogen and oxygen atoms in total. The summed E-state index contributed by atoms with van der Waals surface area (Å²) in [7, 11) is 0. The van der Waals surface area contributed by atoms with Gasteiger partial charge in [-0.3, -0.25) is 9.59 Å². The molecule has 2 rings (SSSR count). The molecule has 1 fully saturated rings. The molecule has 27 heavy (non-hydrogen) atoms. The van der Waals surface area contributed by atoms with E-state index in [0.717, 1.165) is 12.0 Å². The van der Waals surface area contributed by atoms with Gasteiger partial charge in [-0.2, -0.15) is 0 Å². The van der Waals surface area contributed by atoms with Crippen molar-refractivity contribution in [1.29, 1.82) is 0 Å². The Morgan fingerprint density at radius 3 is 2.41 bits per heavy atom. The van der Waals surface area contributed by atoms with Crippen LogP contribution in [0.2, 0.25) is 0 Å². The summed E-state index contributed by atoms with van der Waals surface area (Å²) >= 11 is 0. The van der Waals surface area contributed by atoms with E-state index in [2.05, 4.69) is 5.32 Å². The summed E-state index contributed by atoms with van der Waals surface area (Å²) < 4.78 is 5.26. The smallest absolute Gasteiger partial charge is 0.408 e. The molecular weight excluding hydrogens is 346 g/mol. The minimum atomic E-state index is -0.650. The Kier molecular flexibility index (Phi) is 7.64. The highest BCUT2D eigenvalue weighted by molar-refractivity contribution is 5.86. The van der Waals surface area contributed by atoms with Crippen LogP contribution in [0.3, 0.4) is 0 Å². The second-order valence-corrected chi connectivity index (χ2v) is 7.07. The van der Waals surface area contributed by atoms with E-state index in [4.69, 9.17) is 10.5 Å². The standard InChI is InChI=1S/C20H29N3O4/c1-3-14(2)17(19(25)23-11-9-16(10-12-23)18(21)24)22-20(26)27-13-15-7-5-4-6-8-15/h4-8,14,16-17H,3,9-13H2,1-2H3,(H2,21,24)(H,22,26)/t14-,17-/m1/s1. The molecule has 0 bridgehead atoms. The number of hydrogen-bond donors (Lipinski definition) is 2. The molecule has 0 aromatic heterocycles. The molecule has 1 aromatic rings. The first-order valence-corrected chi connectivity index (χ1v) is 9.47. The lowest BCUT2D eigenvalue weighted by molar-refractivity contribution is -0.137. The van der Waals surface area contributed by atoms with Crippen molar-refractivity contribution >= 4 is 17.9 Å². The van der Waals surface area contributed by atoms with Gasteiger partial charge < -0.3 is 20.7 Å². The number of likely N-dealkylation sites (tertiary alicyclic amines) is 1. The summed E-state index contributed by atoms with van der Waals surface area (Å²) in [6.45, 7) is 5.00. The Morgan fingerprint density at radius 2 is 1.85 bits per heavy atom. The van der Waals surface area contributed by atoms with Crippen molar-refractivity contribution in [3.8, 4) is 0 Å². The van der Waals surface area contributed by atoms with Crippen LogP contribution in [0.5, 0.6) is 0 Å². The molecule has 7 heteroatoms. The summed E-state index contributed by atoms with van der Waals surface area (Å²) in [5.41, 5.74) is 6.23. The predicted molar refractivity (Wildman–Crippen MR) is 102 cm³/mol. The Labute approximate surface area is 160 Å². The first-order valence-electron chi connectivity index (χ1n) is 9.47. The zero-order valence-electron chi connectivity index (χ0n) is 16.0. The van der Waals surface area contributed by atoms with Gasteiger partial charge in [0.2, 0.25) is 11.8 Å². The van der Waals surface area contributed by atoms with Crippen LogP contribution in [0.15, 0.2) is 30.3 Å². The third kappa shape index (κ3) is 5.98. The van der Waals surface area contributed by atoms with Crippen molar-refractivity contribution in [2.45, 2.75) is 45.8 Å². The van der Waals surface area contributed by atoms with Gasteiger partial charge >= 0.3 is 6.09 Å². The van der Waals surface area contributed by atoms with Crippen molar-refractivity contribution < 1.29 is 19.1 Å². The van der Waals surface area contributed by atoms with Gasteiger partial charge in [-0.05, 0) is 24.3 Å². The quantitative estimate of drug-likeness (QED) is 0.761. The van der Waals surface area contributed by atoms with E-state index >= 15 is 0 Å². The van der Waals surface area contributed by atoms with Crippen LogP contribution in [0, 0.1) is 11.8 Å². The van der Waals surface area contributed by atoms with Gasteiger partial charge in [-0.15, -0.1) is 0 Å². The minimum absolute atomic E-state index is 0.0318. The van der Waals surface area contributed by atoms with Crippen LogP contribution in [0.4, 0.5) is 4.79 Å². The van der Waals surface area contributed by atoms with E-state index in [-0.39, 0.29) is 30.3 Å². The summed E-state index contributed by atoms with van der Waals surface area (Å²) in [5.74, 6) is -0.664. The number of rotatable bonds is 7. The maximum absolute atomic E-state index is 12.9. The zero-order valence-corrected chi connectivity index (χ0v) is 16.0. The van der Waals surface area contributed by atoms with Gasteiger partial charge in [0.15, 0.2) is 0 Å². The molecule has 0 radical (unpaired) electrons. The van der Waals surface area contributed by atoms with Gasteiger partial charge in [0, 0.05) is 19.0 Å². The number of nitrogens with two attached hydrogens (primary N) is 1. The number of amides is 3. The number of carbonyl (C=O) groups is 3. The number of alkyl carbamates (subject to hydrolysis) is 1. The Bertz CT molecular complexity index is 642. The monoisotopic (exact) mass is 375 g/mol. The first-order chi connectivity index (χ1) is 12.9. The van der Waals surface area contributed by atoms with Gasteiger partial charge in [-0.1, -0.05) is 50.6 Å². The van der Waals surface area contributed by atoms with Crippen molar-refractivity contribution in [2.24, 2.45) is 17.6 Å². The highest BCUT2D eigenvalue weighted by Gasteiger charge is 2.33. The highest BCUT2D eigenvalue weighted by Crippen LogP contribution is 2.19. The topological polar surface area (TPSA) is 102 Å². The summed E-state index contributed by atoms with van der Waals surface area (Å²) in [4.78, 5) is 38.1. The van der Waals surface area contributed by atoms with Crippen molar-refractivity contribution in [1.82, 2.24) is 10.2 Å². The predicted octanol–water partition coefficient (Wildman–Crippen LogP) is 2.05. The average Bonchev–Trinajstić information content (AvgIpc) is 2.70. The second-order valence-electron chi connectivity index (χ2n) is 7.07. The van der Waals surface area contributed by atoms with E-state index in [1.807, 2.05) is 44.2 Å². The lowest BCUT2D eigenvalue weighted by Crippen LogP contribution is -2.54. The maximum atomic E-state index is 12.9. The van der Waals surface area contributed by atoms with Crippen LogP contribution in [-0.4, -0.2) is 41.9 Å². The number of benzene rings is 1. The van der Waals surface area contributed by atoms with Crippen molar-refractivity contribution in [3.05, 3.63) is 35.9 Å². The third-order valence-corrected chi connectivity index (χ3v) is 5.17. The van der Waals surface area contributed by atoms with Crippen molar-refractivity contribution in [3.63, 3.8) is 0 Å². The number of primary amides is 1. The molecule has 1 saturated heterocycles. The molecule has 0 saturated carbocycles. The fraction of sp³-hybridized carbons (Fsp3) is 0.550. The normalized spacial score (nSPS) is 17.0. The summed E-state index contributed by atoms with van der Waals surface area (Å²) in [6, 6.07) is 8.72. The molecule has 148 valence electrons. The van der Waals surface area contributed by atoms with Crippen LogP contribution in [-0.2, 0) is 20.9 Å². The number of nitrogens with zero attached hydrogens (tertiary/aromatic N) is 1. The molecule has 0 unspecified atom stereocenters. The molecule has 2 atom stereocenters. The number of ether oxygens (including phenoxy) is 1. The lowest BCUT2D eigenvalue weighted by atomic mass is 9.93. The molecule has 1 aromatic carbocycles. The van der Waals surface area contributed by atoms with Crippen LogP contribution in [0.25, 0.3) is 0 Å². The Hall–Kier alpha value is -2.57. The number of piperidine rings is 1. The zero-order chi connectivity index (χ0) is 19.8. The first kappa shape index (κ1) is 20.7. The fourth-order valence-corrected chi connectivity index (χ4v) is 3.16. The largest absolute Gasteiger partial charge is 0.445 e. The molecular formula is C20H29N3O4. The highest BCUT2D eigenvalue weighted by atomic mass is 16.5. The van der Waals surface area contributed by atoms with E-state index in [9.17, 15) is 14.4 Å². The summed E-state index contributed by atoms with van der Waals surface area (Å²) in [6.07, 6.45) is 1.26. The molecule has 0 aliphatic carbocycles. The Balaban J connectivity index is 1.93. The number of carbonyl (C=O) groups excluding carboxylic acids is 3. The number of nitrogens with one attached hydrogen (secondary N) is 1. The van der Waals surface area contributed by atoms with Crippen LogP contribution in [0.1, 0.15) is 38.7 Å². The fourth-order valence-electron chi connectivity index (χ4n) is 3.16.